The van der Waals surface area contributed by atoms with Crippen LogP contribution in [0.2, 0.25) is 0 Å². The van der Waals surface area contributed by atoms with Crippen LogP contribution in [-0.2, 0) is 6.54 Å². The number of nitrogens with one attached hydrogen (secondary N) is 1. The summed E-state index contributed by atoms with van der Waals surface area (Å²) in [5, 5.41) is 7.05. The lowest BCUT2D eigenvalue weighted by molar-refractivity contribution is 0.407. The predicted molar refractivity (Wildman–Crippen MR) is 65.5 cm³/mol. The smallest absolute Gasteiger partial charge is 0.213 e. The molecule has 4 nitrogen and oxygen atoms in total. The third kappa shape index (κ3) is 3.67. The average Bonchev–Trinajstić information content (AvgIpc) is 2.88. The molecule has 0 radical (unpaired) electrons. The van der Waals surface area contributed by atoms with E-state index >= 15 is 0 Å². The molecule has 2 rings (SSSR count). The molecule has 0 aliphatic carbocycles. The number of hydrogen-bond acceptors (Lipinski definition) is 4. The third-order valence-corrected chi connectivity index (χ3v) is 2.81. The van der Waals surface area contributed by atoms with Gasteiger partial charge in [0.25, 0.3) is 0 Å². The number of benzene rings is 1. The van der Waals surface area contributed by atoms with Crippen LogP contribution in [0.5, 0.6) is 0 Å². The highest BCUT2D eigenvalue weighted by molar-refractivity contribution is 5.18. The van der Waals surface area contributed by atoms with Gasteiger partial charge < -0.3 is 9.84 Å². The first kappa shape index (κ1) is 11.8. The Hall–Kier alpha value is -1.68. The molecule has 1 N–H and O–H groups in total. The molecule has 1 unspecified atom stereocenters. The molecule has 17 heavy (non-hydrogen) atoms. The van der Waals surface area contributed by atoms with Crippen molar-refractivity contribution in [2.45, 2.75) is 25.8 Å². The van der Waals surface area contributed by atoms with E-state index in [-0.39, 0.29) is 0 Å². The van der Waals surface area contributed by atoms with Crippen LogP contribution >= 0.6 is 0 Å². The highest BCUT2D eigenvalue weighted by Gasteiger charge is 2.04. The molecule has 0 bridgehead atoms. The van der Waals surface area contributed by atoms with Gasteiger partial charge in [0, 0.05) is 0 Å². The molecule has 4 heteroatoms. The molecule has 90 valence electrons. The second-order valence-electron chi connectivity index (χ2n) is 4.12. The van der Waals surface area contributed by atoms with Crippen molar-refractivity contribution in [2.75, 3.05) is 6.54 Å². The van der Waals surface area contributed by atoms with Crippen molar-refractivity contribution in [1.82, 2.24) is 15.5 Å². The molecule has 0 aliphatic rings. The standard InChI is InChI=1S/C13H17N3O/c1-11(12-5-3-2-4-6-12)7-8-14-9-13-15-10-17-16-13/h2-6,10-11,14H,7-9H2,1H3. The fraction of sp³-hybridized carbons (Fsp3) is 0.385. The molecule has 0 saturated heterocycles. The lowest BCUT2D eigenvalue weighted by Gasteiger charge is -2.11. The van der Waals surface area contributed by atoms with Crippen LogP contribution < -0.4 is 5.32 Å². The Bertz CT molecular complexity index is 413. The lowest BCUT2D eigenvalue weighted by Crippen LogP contribution is -2.17. The molecule has 1 aromatic heterocycles. The zero-order valence-electron chi connectivity index (χ0n) is 9.97. The molecule has 1 atom stereocenters. The molecular formula is C13H17N3O. The molecule has 1 aromatic carbocycles. The van der Waals surface area contributed by atoms with E-state index in [0.717, 1.165) is 13.0 Å². The number of hydrogen-bond donors (Lipinski definition) is 1. The quantitative estimate of drug-likeness (QED) is 0.775. The zero-order valence-corrected chi connectivity index (χ0v) is 9.97. The topological polar surface area (TPSA) is 51.0 Å². The van der Waals surface area contributed by atoms with E-state index in [1.54, 1.807) is 0 Å². The summed E-state index contributed by atoms with van der Waals surface area (Å²) in [4.78, 5) is 3.95. The summed E-state index contributed by atoms with van der Waals surface area (Å²) < 4.78 is 4.66. The van der Waals surface area contributed by atoms with E-state index in [1.165, 1.54) is 12.0 Å². The van der Waals surface area contributed by atoms with Crippen molar-refractivity contribution < 1.29 is 4.52 Å². The van der Waals surface area contributed by atoms with E-state index < -0.39 is 0 Å². The van der Waals surface area contributed by atoms with Gasteiger partial charge in [-0.15, -0.1) is 0 Å². The maximum atomic E-state index is 4.66. The molecule has 0 amide bonds. The molecule has 0 saturated carbocycles. The van der Waals surface area contributed by atoms with Gasteiger partial charge in [-0.05, 0) is 24.4 Å². The Labute approximate surface area is 101 Å². The summed E-state index contributed by atoms with van der Waals surface area (Å²) >= 11 is 0. The molecular weight excluding hydrogens is 214 g/mol. The first-order valence-corrected chi connectivity index (χ1v) is 5.87. The second-order valence-corrected chi connectivity index (χ2v) is 4.12. The summed E-state index contributed by atoms with van der Waals surface area (Å²) in [6.07, 6.45) is 2.45. The number of rotatable bonds is 6. The van der Waals surface area contributed by atoms with Gasteiger partial charge in [-0.2, -0.15) is 4.98 Å². The number of nitrogens with zero attached hydrogens (tertiary/aromatic N) is 2. The van der Waals surface area contributed by atoms with Gasteiger partial charge in [0.15, 0.2) is 5.82 Å². The third-order valence-electron chi connectivity index (χ3n) is 2.81. The van der Waals surface area contributed by atoms with Gasteiger partial charge in [-0.25, -0.2) is 0 Å². The largest absolute Gasteiger partial charge is 0.343 e. The van der Waals surface area contributed by atoms with Gasteiger partial charge in [-0.3, -0.25) is 0 Å². The highest BCUT2D eigenvalue weighted by Crippen LogP contribution is 2.17. The van der Waals surface area contributed by atoms with Crippen LogP contribution in [0, 0.1) is 0 Å². The van der Waals surface area contributed by atoms with Crippen molar-refractivity contribution in [3.8, 4) is 0 Å². The summed E-state index contributed by atoms with van der Waals surface area (Å²) in [5.74, 6) is 1.27. The fourth-order valence-corrected chi connectivity index (χ4v) is 1.74. The Kier molecular flexibility index (Phi) is 4.27. The Morgan fingerprint density at radius 2 is 2.12 bits per heavy atom. The fourth-order valence-electron chi connectivity index (χ4n) is 1.74. The Balaban J connectivity index is 1.68. The molecule has 0 spiro atoms. The maximum absolute atomic E-state index is 4.66. The van der Waals surface area contributed by atoms with Crippen molar-refractivity contribution in [3.05, 3.63) is 48.1 Å². The monoisotopic (exact) mass is 231 g/mol. The van der Waals surface area contributed by atoms with E-state index in [4.69, 9.17) is 0 Å². The van der Waals surface area contributed by atoms with Crippen molar-refractivity contribution >= 4 is 0 Å². The van der Waals surface area contributed by atoms with E-state index in [0.29, 0.717) is 18.3 Å². The van der Waals surface area contributed by atoms with Crippen LogP contribution in [0.3, 0.4) is 0 Å². The van der Waals surface area contributed by atoms with Crippen molar-refractivity contribution in [1.29, 1.82) is 0 Å². The van der Waals surface area contributed by atoms with Gasteiger partial charge in [-0.1, -0.05) is 42.4 Å². The summed E-state index contributed by atoms with van der Waals surface area (Å²) in [7, 11) is 0. The van der Waals surface area contributed by atoms with Gasteiger partial charge in [0.05, 0.1) is 6.54 Å². The molecule has 1 heterocycles. The minimum absolute atomic E-state index is 0.564. The van der Waals surface area contributed by atoms with Crippen LogP contribution in [0.15, 0.2) is 41.2 Å². The second kappa shape index (κ2) is 6.15. The summed E-state index contributed by atoms with van der Waals surface area (Å²) in [6, 6.07) is 10.6. The van der Waals surface area contributed by atoms with Crippen molar-refractivity contribution in [3.63, 3.8) is 0 Å². The first-order chi connectivity index (χ1) is 8.36. The average molecular weight is 231 g/mol. The van der Waals surface area contributed by atoms with E-state index in [9.17, 15) is 0 Å². The highest BCUT2D eigenvalue weighted by atomic mass is 16.5. The SMILES string of the molecule is CC(CCNCc1ncon1)c1ccccc1. The van der Waals surface area contributed by atoms with Crippen LogP contribution in [-0.4, -0.2) is 16.7 Å². The van der Waals surface area contributed by atoms with Gasteiger partial charge in [0.1, 0.15) is 0 Å². The molecule has 2 aromatic rings. The summed E-state index contributed by atoms with van der Waals surface area (Å²) in [5.41, 5.74) is 1.38. The zero-order chi connectivity index (χ0) is 11.9. The predicted octanol–water partition coefficient (Wildman–Crippen LogP) is 2.35. The van der Waals surface area contributed by atoms with Crippen molar-refractivity contribution in [2.24, 2.45) is 0 Å². The van der Waals surface area contributed by atoms with Crippen LogP contribution in [0.25, 0.3) is 0 Å². The number of aromatic nitrogens is 2. The maximum Gasteiger partial charge on any atom is 0.213 e. The Morgan fingerprint density at radius 1 is 1.29 bits per heavy atom. The first-order valence-electron chi connectivity index (χ1n) is 5.87. The van der Waals surface area contributed by atoms with Gasteiger partial charge in [0.2, 0.25) is 6.39 Å². The molecule has 0 fully saturated rings. The summed E-state index contributed by atoms with van der Waals surface area (Å²) in [6.45, 7) is 3.86. The van der Waals surface area contributed by atoms with E-state index in [2.05, 4.69) is 51.2 Å². The lowest BCUT2D eigenvalue weighted by atomic mass is 9.98. The minimum atomic E-state index is 0.564. The minimum Gasteiger partial charge on any atom is -0.343 e. The van der Waals surface area contributed by atoms with Crippen LogP contribution in [0.4, 0.5) is 0 Å². The molecule has 0 aliphatic heterocycles. The normalized spacial score (nSPS) is 12.5. The van der Waals surface area contributed by atoms with E-state index in [1.807, 2.05) is 6.07 Å². The Morgan fingerprint density at radius 3 is 2.82 bits per heavy atom. The van der Waals surface area contributed by atoms with Crippen LogP contribution in [0.1, 0.15) is 30.7 Å². The van der Waals surface area contributed by atoms with Gasteiger partial charge >= 0.3 is 0 Å².